The number of aromatic amines is 2. The summed E-state index contributed by atoms with van der Waals surface area (Å²) in [5.74, 6) is -10.9. The molecule has 2 fully saturated rings. The first-order valence-corrected chi connectivity index (χ1v) is 40.7. The Morgan fingerprint density at radius 1 is 0.556 bits per heavy atom. The summed E-state index contributed by atoms with van der Waals surface area (Å²) in [6.07, 6.45) is 12.3. The van der Waals surface area contributed by atoms with E-state index in [9.17, 15) is 95.0 Å². The summed E-state index contributed by atoms with van der Waals surface area (Å²) in [6.45, 7) is 3.74. The van der Waals surface area contributed by atoms with Crippen molar-refractivity contribution in [3.8, 4) is 0 Å². The number of hydrogen-bond acceptors (Lipinski definition) is 30. The van der Waals surface area contributed by atoms with Crippen molar-refractivity contribution in [3.05, 3.63) is 128 Å². The Kier molecular flexibility index (Phi) is 38.8. The van der Waals surface area contributed by atoms with Gasteiger partial charge in [-0.05, 0) is 113 Å². The number of alkyl halides is 3. The second-order valence-electron chi connectivity index (χ2n) is 30.2. The molecule has 0 radical (unpaired) electrons. The van der Waals surface area contributed by atoms with Crippen molar-refractivity contribution in [2.75, 3.05) is 67.9 Å². The number of ketones is 4. The maximum absolute atomic E-state index is 13.8. The number of carbonyl (C=O) groups is 14. The summed E-state index contributed by atoms with van der Waals surface area (Å²) in [4.78, 5) is 229. The number of carboxylic acids is 1. The van der Waals surface area contributed by atoms with E-state index in [-0.39, 0.29) is 208 Å². The van der Waals surface area contributed by atoms with Crippen molar-refractivity contribution in [2.24, 2.45) is 5.92 Å². The number of anilines is 4. The number of esters is 1. The third-order valence-corrected chi connectivity index (χ3v) is 20.5. The Labute approximate surface area is 731 Å². The molecule has 6 heterocycles. The molecule has 2 aromatic carbocycles. The Balaban J connectivity index is 0.000000346. The van der Waals surface area contributed by atoms with Gasteiger partial charge in [0.15, 0.2) is 33.9 Å². The molecule has 8 amide bonds. The number of carboxylic acid groups (broad SMARTS) is 1. The van der Waals surface area contributed by atoms with Gasteiger partial charge in [-0.15, -0.1) is 0 Å². The molecule has 2 aliphatic heterocycles. The first-order valence-electron chi connectivity index (χ1n) is 40.7. The van der Waals surface area contributed by atoms with Crippen LogP contribution in [0.15, 0.2) is 94.8 Å². The minimum absolute atomic E-state index is 0. The van der Waals surface area contributed by atoms with Crippen LogP contribution in [0.3, 0.4) is 0 Å². The largest absolute Gasteiger partial charge is 1.00 e. The number of Topliss-reactive ketones (excluding diaryl/α,β-unsaturated/α-hetero) is 4. The molecule has 10 N–H and O–H groups in total. The predicted octanol–water partition coefficient (Wildman–Crippen LogP) is 3.57. The van der Waals surface area contributed by atoms with Crippen LogP contribution in [-0.2, 0) is 94.3 Å². The van der Waals surface area contributed by atoms with Crippen LogP contribution in [0.25, 0.3) is 22.3 Å². The van der Waals surface area contributed by atoms with Gasteiger partial charge < -0.3 is 56.0 Å². The van der Waals surface area contributed by atoms with E-state index in [1.165, 1.54) is 42.6 Å². The third kappa shape index (κ3) is 30.4. The average Bonchev–Trinajstić information content (AvgIpc) is 1.14. The molecule has 2 saturated carbocycles. The molecule has 10 rings (SSSR count). The van der Waals surface area contributed by atoms with E-state index < -0.39 is 113 Å². The topological polar surface area (TPSA) is 562 Å². The Bertz CT molecular complexity index is 5060. The zero-order valence-corrected chi connectivity index (χ0v) is 70.1. The van der Waals surface area contributed by atoms with Gasteiger partial charge in [0.2, 0.25) is 17.8 Å². The molecule has 43 heteroatoms. The molecule has 672 valence electrons. The SMILES string of the molecule is COC(=O)[C@H](CCC(=O)CCCOC1(OCCCC(=O)CCN2C(=O)C=CC2=O)CCCCC1)NC(=O)c1ccc(N(Cc2cnc3nc(NC(=O)C(C)C)[nH]c(=O)c3n2)C(=O)C(F)(F)F)cc1.Nc1nc2ncc(CNc3ccc(C(=O)N[C@@H](CCC(=O)CCCOC4(OCCCC(=O)CCN5C(=O)C=CC5=O)CCCCC4)C(=O)O)cc3)nc2c(=O)[nH]1.[Li+].[OH-]. The van der Waals surface area contributed by atoms with E-state index in [0.29, 0.717) is 74.3 Å². The number of halogens is 3. The summed E-state index contributed by atoms with van der Waals surface area (Å²) >= 11 is 0. The summed E-state index contributed by atoms with van der Waals surface area (Å²) in [6, 6.07) is 8.16. The fourth-order valence-corrected chi connectivity index (χ4v) is 13.7. The number of amides is 8. The molecule has 2 atom stereocenters. The number of nitrogens with one attached hydrogen (secondary N) is 6. The van der Waals surface area contributed by atoms with Gasteiger partial charge in [0, 0.05) is 143 Å². The Morgan fingerprint density at radius 2 is 0.968 bits per heavy atom. The van der Waals surface area contributed by atoms with E-state index in [1.807, 2.05) is 0 Å². The molecule has 39 nitrogen and oxygen atoms in total. The van der Waals surface area contributed by atoms with Crippen molar-refractivity contribution in [1.82, 2.24) is 60.3 Å². The van der Waals surface area contributed by atoms with Crippen LogP contribution in [0.5, 0.6) is 0 Å². The summed E-state index contributed by atoms with van der Waals surface area (Å²) in [5, 5.41) is 20.2. The summed E-state index contributed by atoms with van der Waals surface area (Å²) in [7, 11) is 1.10. The van der Waals surface area contributed by atoms with Crippen LogP contribution in [0.1, 0.15) is 200 Å². The molecule has 2 aliphatic carbocycles. The fourth-order valence-electron chi connectivity index (χ4n) is 13.7. The van der Waals surface area contributed by atoms with Crippen LogP contribution in [0.4, 0.5) is 36.4 Å². The zero-order chi connectivity index (χ0) is 89.7. The number of aromatic nitrogens is 8. The number of ether oxygens (including phenoxy) is 5. The number of nitrogen functional groups attached to an aromatic ring is 1. The molecule has 0 unspecified atom stereocenters. The second-order valence-corrected chi connectivity index (χ2v) is 30.2. The van der Waals surface area contributed by atoms with Crippen molar-refractivity contribution in [1.29, 1.82) is 0 Å². The van der Waals surface area contributed by atoms with Gasteiger partial charge >= 0.3 is 42.9 Å². The molecule has 0 spiro atoms. The normalized spacial score (nSPS) is 15.0. The Morgan fingerprint density at radius 3 is 1.41 bits per heavy atom. The monoisotopic (exact) mass is 1750 g/mol. The van der Waals surface area contributed by atoms with E-state index >= 15 is 0 Å². The summed E-state index contributed by atoms with van der Waals surface area (Å²) < 4.78 is 71.0. The number of benzene rings is 2. The second kappa shape index (κ2) is 48.4. The van der Waals surface area contributed by atoms with Gasteiger partial charge in [0.25, 0.3) is 46.6 Å². The number of methoxy groups -OCH3 is 1. The number of aliphatic carboxylic acids is 1. The van der Waals surface area contributed by atoms with Crippen LogP contribution in [-0.4, -0.2) is 219 Å². The smallest absolute Gasteiger partial charge is 0.870 e. The van der Waals surface area contributed by atoms with Crippen LogP contribution in [0, 0.1) is 5.92 Å². The molecular formula is C83H100F3LiN16O23. The van der Waals surface area contributed by atoms with E-state index in [0.717, 1.165) is 85.9 Å². The summed E-state index contributed by atoms with van der Waals surface area (Å²) in [5.41, 5.74) is 4.44. The van der Waals surface area contributed by atoms with Crippen molar-refractivity contribution in [2.45, 2.75) is 211 Å². The number of nitrogens with two attached hydrogens (primary N) is 1. The number of hydrogen-bond donors (Lipinski definition) is 8. The van der Waals surface area contributed by atoms with Crippen LogP contribution < -0.4 is 61.9 Å². The molecule has 0 bridgehead atoms. The number of carbonyl (C=O) groups excluding carboxylic acids is 13. The van der Waals surface area contributed by atoms with Crippen molar-refractivity contribution >= 4 is 128 Å². The van der Waals surface area contributed by atoms with E-state index in [2.05, 4.69) is 61.1 Å². The van der Waals surface area contributed by atoms with Gasteiger partial charge in [-0.25, -0.2) is 29.5 Å². The predicted molar refractivity (Wildman–Crippen MR) is 437 cm³/mol. The molecule has 4 aliphatic rings. The van der Waals surface area contributed by atoms with Gasteiger partial charge in [-0.1, -0.05) is 26.7 Å². The first-order chi connectivity index (χ1) is 59.2. The van der Waals surface area contributed by atoms with E-state index in [1.54, 1.807) is 26.0 Å². The molecular weight excluding hydrogens is 1650 g/mol. The number of imide groups is 2. The van der Waals surface area contributed by atoms with E-state index in [4.69, 9.17) is 29.4 Å². The number of nitrogens with zero attached hydrogens (tertiary/aromatic N) is 9. The number of fused-ring (bicyclic) bond motifs is 2. The molecule has 6 aromatic rings. The van der Waals surface area contributed by atoms with Crippen LogP contribution >= 0.6 is 0 Å². The fraction of sp³-hybridized carbons (Fsp3) is 0.494. The van der Waals surface area contributed by atoms with Gasteiger partial charge in [-0.3, -0.25) is 97.1 Å². The van der Waals surface area contributed by atoms with Crippen molar-refractivity contribution < 1.29 is 133 Å². The molecule has 126 heavy (non-hydrogen) atoms. The zero-order valence-electron chi connectivity index (χ0n) is 70.1. The third-order valence-electron chi connectivity index (χ3n) is 20.5. The number of rotatable bonds is 46. The first kappa shape index (κ1) is 101. The van der Waals surface area contributed by atoms with Gasteiger partial charge in [-0.2, -0.15) is 23.1 Å². The Hall–Kier alpha value is -12.1. The standard InChI is InChI=1S/C45H53F3N8O12.C38H46N8O10.Li.H2O/c1-27(2)38(61)53-43-52-37-36(40(63)54-43)50-29(25-49-37)26-56(42(65)45(46,47)48)30-13-11-28(12-14-30)39(62)51-33(41(64)66-3)16-15-31(57)9-7-23-67-44(20-5-4-6-21-44)68-24-8-10-32(58)19-22-55-34(59)17-18-35(55)60;39-37-44-33-32(35(52)45-37)42-26(23-41-33)22-40-25-10-8-24(9-11-25)34(51)43-29(36(53)54)13-12-27(47)6-4-20-55-38(17-2-1-3-18-38)56-21-5-7-28(48)16-19-46-30(49)14-15-31(46)50;;/h11-14,17-18,25,27,33H,4-10,15-16,19-24,26H2,1-3H3,(H,51,62)(H2,49,52,53,54,61,63);8-11,14-15,23,29,40H,1-7,12-13,16-22H2,(H,43,51)(H,53,54)(H3,39,41,44,45,52);;1H2/q;;+1;/p-1/t33-;29-;;/m00../s1. The number of H-pyrrole nitrogens is 2. The van der Waals surface area contributed by atoms with Crippen molar-refractivity contribution in [3.63, 3.8) is 0 Å². The molecule has 4 aromatic heterocycles. The maximum atomic E-state index is 13.8. The quantitative estimate of drug-likeness (QED) is 0.00890. The van der Waals surface area contributed by atoms with Gasteiger partial charge in [0.05, 0.1) is 70.4 Å². The van der Waals surface area contributed by atoms with Crippen LogP contribution in [0.2, 0.25) is 0 Å². The average molecular weight is 1750 g/mol. The molecule has 0 saturated heterocycles. The minimum Gasteiger partial charge on any atom is -0.870 e. The maximum Gasteiger partial charge on any atom is 1.00 e. The van der Waals surface area contributed by atoms with Gasteiger partial charge in [0.1, 0.15) is 35.2 Å². The minimum atomic E-state index is -5.35.